The van der Waals surface area contributed by atoms with Crippen LogP contribution in [-0.4, -0.2) is 20.3 Å². The molecule has 18 heavy (non-hydrogen) atoms. The molecule has 1 N–H and O–H groups in total. The lowest BCUT2D eigenvalue weighted by Gasteiger charge is -2.14. The number of alkyl halides is 1. The summed E-state index contributed by atoms with van der Waals surface area (Å²) in [4.78, 5) is 0.317. The van der Waals surface area contributed by atoms with Crippen molar-refractivity contribution in [3.63, 3.8) is 0 Å². The number of hydrogen-bond donors (Lipinski definition) is 1. The maximum Gasteiger partial charge on any atom is 0.240 e. The Kier molecular flexibility index (Phi) is 4.30. The number of halogens is 1. The van der Waals surface area contributed by atoms with Crippen molar-refractivity contribution in [3.8, 4) is 0 Å². The summed E-state index contributed by atoms with van der Waals surface area (Å²) < 4.78 is 26.8. The van der Waals surface area contributed by atoms with Gasteiger partial charge in [-0.2, -0.15) is 0 Å². The maximum absolute atomic E-state index is 12.1. The van der Waals surface area contributed by atoms with Crippen molar-refractivity contribution < 1.29 is 8.42 Å². The summed E-state index contributed by atoms with van der Waals surface area (Å²) in [6.45, 7) is 2.37. The van der Waals surface area contributed by atoms with Crippen LogP contribution in [0.5, 0.6) is 0 Å². The van der Waals surface area contributed by atoms with Gasteiger partial charge in [-0.3, -0.25) is 0 Å². The molecule has 1 aliphatic rings. The van der Waals surface area contributed by atoms with Crippen molar-refractivity contribution in [1.82, 2.24) is 4.72 Å². The monoisotopic (exact) mass is 287 g/mol. The van der Waals surface area contributed by atoms with Crippen molar-refractivity contribution in [3.05, 3.63) is 29.8 Å². The van der Waals surface area contributed by atoms with Gasteiger partial charge < -0.3 is 0 Å². The lowest BCUT2D eigenvalue weighted by atomic mass is 10.1. The van der Waals surface area contributed by atoms with Gasteiger partial charge in [0.1, 0.15) is 0 Å². The van der Waals surface area contributed by atoms with Crippen molar-refractivity contribution in [2.75, 3.05) is 6.54 Å². The average molecular weight is 288 g/mol. The van der Waals surface area contributed by atoms with Crippen molar-refractivity contribution >= 4 is 21.6 Å². The molecule has 0 bridgehead atoms. The highest BCUT2D eigenvalue weighted by molar-refractivity contribution is 7.89. The van der Waals surface area contributed by atoms with Crippen LogP contribution >= 0.6 is 11.6 Å². The first-order valence-electron chi connectivity index (χ1n) is 6.19. The van der Waals surface area contributed by atoms with E-state index in [2.05, 4.69) is 4.72 Å². The summed E-state index contributed by atoms with van der Waals surface area (Å²) in [6, 6.07) is 6.86. The molecule has 1 aromatic carbocycles. The van der Waals surface area contributed by atoms with Gasteiger partial charge in [-0.25, -0.2) is 13.1 Å². The first kappa shape index (κ1) is 13.8. The summed E-state index contributed by atoms with van der Waals surface area (Å²) in [6.07, 6.45) is 3.08. The number of benzene rings is 1. The van der Waals surface area contributed by atoms with E-state index in [1.165, 1.54) is 0 Å². The molecule has 1 fully saturated rings. The topological polar surface area (TPSA) is 46.2 Å². The quantitative estimate of drug-likeness (QED) is 0.866. The molecule has 0 saturated heterocycles. The standard InChI is InChI=1S/C13H18ClNO2S/c1-10-5-7-12(8-6-10)18(16,17)15-9-11-3-2-4-13(11)14/h5-8,11,13,15H,2-4,9H2,1H3. The van der Waals surface area contributed by atoms with E-state index in [0.29, 0.717) is 11.4 Å². The molecule has 2 unspecified atom stereocenters. The van der Waals surface area contributed by atoms with Gasteiger partial charge in [0.2, 0.25) is 10.0 Å². The fourth-order valence-corrected chi connectivity index (χ4v) is 3.70. The molecule has 0 aromatic heterocycles. The van der Waals surface area contributed by atoms with E-state index in [9.17, 15) is 8.42 Å². The Hall–Kier alpha value is -0.580. The first-order valence-corrected chi connectivity index (χ1v) is 8.11. The number of sulfonamides is 1. The van der Waals surface area contributed by atoms with Crippen molar-refractivity contribution in [1.29, 1.82) is 0 Å². The van der Waals surface area contributed by atoms with Gasteiger partial charge in [0.15, 0.2) is 0 Å². The van der Waals surface area contributed by atoms with Crippen LogP contribution in [0.3, 0.4) is 0 Å². The Morgan fingerprint density at radius 2 is 1.94 bits per heavy atom. The molecule has 0 amide bonds. The van der Waals surface area contributed by atoms with Gasteiger partial charge in [0.25, 0.3) is 0 Å². The Balaban J connectivity index is 2.01. The SMILES string of the molecule is Cc1ccc(S(=O)(=O)NCC2CCCC2Cl)cc1. The molecule has 2 rings (SSSR count). The minimum atomic E-state index is -3.40. The van der Waals surface area contributed by atoms with Gasteiger partial charge in [-0.15, -0.1) is 11.6 Å². The molecule has 1 aromatic rings. The lowest BCUT2D eigenvalue weighted by Crippen LogP contribution is -2.31. The third-order valence-corrected chi connectivity index (χ3v) is 5.45. The molecule has 1 aliphatic carbocycles. The van der Waals surface area contributed by atoms with E-state index in [1.54, 1.807) is 24.3 Å². The molecule has 0 aliphatic heterocycles. The molecule has 0 heterocycles. The number of rotatable bonds is 4. The van der Waals surface area contributed by atoms with Crippen LogP contribution in [0.15, 0.2) is 29.2 Å². The number of aryl methyl sites for hydroxylation is 1. The van der Waals surface area contributed by atoms with E-state index >= 15 is 0 Å². The molecule has 100 valence electrons. The zero-order valence-corrected chi connectivity index (χ0v) is 12.0. The van der Waals surface area contributed by atoms with Crippen LogP contribution in [0.4, 0.5) is 0 Å². The van der Waals surface area contributed by atoms with Gasteiger partial charge in [-0.05, 0) is 37.8 Å². The van der Waals surface area contributed by atoms with Gasteiger partial charge in [0.05, 0.1) is 4.90 Å². The predicted octanol–water partition coefficient (Wildman–Crippen LogP) is 2.68. The smallest absolute Gasteiger partial charge is 0.211 e. The minimum absolute atomic E-state index is 0.103. The molecule has 3 nitrogen and oxygen atoms in total. The normalized spacial score (nSPS) is 24.3. The zero-order chi connectivity index (χ0) is 13.2. The fraction of sp³-hybridized carbons (Fsp3) is 0.538. The number of nitrogens with one attached hydrogen (secondary N) is 1. The third-order valence-electron chi connectivity index (χ3n) is 3.43. The van der Waals surface area contributed by atoms with E-state index in [0.717, 1.165) is 24.8 Å². The Morgan fingerprint density at radius 1 is 1.28 bits per heavy atom. The van der Waals surface area contributed by atoms with Crippen LogP contribution in [0.2, 0.25) is 0 Å². The first-order chi connectivity index (χ1) is 8.49. The third kappa shape index (κ3) is 3.25. The van der Waals surface area contributed by atoms with Crippen molar-refractivity contribution in [2.45, 2.75) is 36.5 Å². The minimum Gasteiger partial charge on any atom is -0.211 e. The largest absolute Gasteiger partial charge is 0.240 e. The Morgan fingerprint density at radius 3 is 2.50 bits per heavy atom. The summed E-state index contributed by atoms with van der Waals surface area (Å²) in [5.41, 5.74) is 1.05. The van der Waals surface area contributed by atoms with Crippen molar-refractivity contribution in [2.24, 2.45) is 5.92 Å². The van der Waals surface area contributed by atoms with E-state index < -0.39 is 10.0 Å². The van der Waals surface area contributed by atoms with E-state index in [4.69, 9.17) is 11.6 Å². The van der Waals surface area contributed by atoms with Gasteiger partial charge in [0, 0.05) is 11.9 Å². The van der Waals surface area contributed by atoms with Gasteiger partial charge in [-0.1, -0.05) is 24.1 Å². The number of hydrogen-bond acceptors (Lipinski definition) is 2. The summed E-state index contributed by atoms with van der Waals surface area (Å²) in [5.74, 6) is 0.256. The maximum atomic E-state index is 12.1. The van der Waals surface area contributed by atoms with Gasteiger partial charge >= 0.3 is 0 Å². The molecule has 2 atom stereocenters. The molecule has 1 saturated carbocycles. The summed E-state index contributed by atoms with van der Waals surface area (Å²) >= 11 is 6.14. The molecule has 5 heteroatoms. The highest BCUT2D eigenvalue weighted by Gasteiger charge is 2.26. The lowest BCUT2D eigenvalue weighted by molar-refractivity contribution is 0.523. The van der Waals surface area contributed by atoms with E-state index in [-0.39, 0.29) is 11.3 Å². The Bertz CT molecular complexity index is 498. The highest BCUT2D eigenvalue weighted by Crippen LogP contribution is 2.29. The Labute approximate surface area is 114 Å². The van der Waals surface area contributed by atoms with Crippen LogP contribution in [0.25, 0.3) is 0 Å². The second-order valence-corrected chi connectivity index (χ2v) is 7.20. The van der Waals surface area contributed by atoms with Crippen LogP contribution in [-0.2, 0) is 10.0 Å². The van der Waals surface area contributed by atoms with E-state index in [1.807, 2.05) is 6.92 Å². The van der Waals surface area contributed by atoms with Crippen LogP contribution < -0.4 is 4.72 Å². The predicted molar refractivity (Wildman–Crippen MR) is 73.3 cm³/mol. The zero-order valence-electron chi connectivity index (χ0n) is 10.4. The van der Waals surface area contributed by atoms with Crippen LogP contribution in [0.1, 0.15) is 24.8 Å². The fourth-order valence-electron chi connectivity index (χ4n) is 2.24. The molecular formula is C13H18ClNO2S. The average Bonchev–Trinajstić information content (AvgIpc) is 2.73. The van der Waals surface area contributed by atoms with Crippen LogP contribution in [0, 0.1) is 12.8 Å². The molecule has 0 radical (unpaired) electrons. The second kappa shape index (κ2) is 5.59. The second-order valence-electron chi connectivity index (χ2n) is 4.87. The summed E-state index contributed by atoms with van der Waals surface area (Å²) in [7, 11) is -3.40. The molecular weight excluding hydrogens is 270 g/mol. The molecule has 0 spiro atoms. The highest BCUT2D eigenvalue weighted by atomic mass is 35.5. The summed E-state index contributed by atoms with van der Waals surface area (Å²) in [5, 5.41) is 0.103.